The van der Waals surface area contributed by atoms with Gasteiger partial charge in [-0.15, -0.1) is 18.3 Å². The molecule has 1 saturated heterocycles. The molecule has 13 heteroatoms. The molecule has 35 heavy (non-hydrogen) atoms. The lowest BCUT2D eigenvalue weighted by atomic mass is 10.1. The summed E-state index contributed by atoms with van der Waals surface area (Å²) in [7, 11) is 0. The number of nitrogens with zero attached hydrogens (tertiary/aromatic N) is 4. The summed E-state index contributed by atoms with van der Waals surface area (Å²) in [6.45, 7) is 0.501. The van der Waals surface area contributed by atoms with Gasteiger partial charge in [0, 0.05) is 43.4 Å². The van der Waals surface area contributed by atoms with E-state index in [4.69, 9.17) is 4.74 Å². The first kappa shape index (κ1) is 22.6. The van der Waals surface area contributed by atoms with Gasteiger partial charge in [0.15, 0.2) is 0 Å². The van der Waals surface area contributed by atoms with Gasteiger partial charge in [0.2, 0.25) is 0 Å². The fourth-order valence-electron chi connectivity index (χ4n) is 4.16. The van der Waals surface area contributed by atoms with E-state index >= 15 is 0 Å². The van der Waals surface area contributed by atoms with E-state index in [0.29, 0.717) is 30.2 Å². The van der Waals surface area contributed by atoms with E-state index < -0.39 is 30.6 Å². The Morgan fingerprint density at radius 2 is 1.97 bits per heavy atom. The molecule has 3 heterocycles. The number of halogens is 4. The average Bonchev–Trinajstić information content (AvgIpc) is 3.49. The van der Waals surface area contributed by atoms with Crippen LogP contribution in [0.15, 0.2) is 48.2 Å². The highest BCUT2D eigenvalue weighted by atomic mass is 19.4. The minimum Gasteiger partial charge on any atom is -0.445 e. The molecular formula is C22H17F4N5O4. The summed E-state index contributed by atoms with van der Waals surface area (Å²) >= 11 is 0. The van der Waals surface area contributed by atoms with Crippen molar-refractivity contribution >= 4 is 23.0 Å². The zero-order valence-electron chi connectivity index (χ0n) is 17.9. The number of alkyl halides is 3. The number of amides is 2. The monoisotopic (exact) mass is 491 g/mol. The van der Waals surface area contributed by atoms with E-state index in [-0.39, 0.29) is 23.9 Å². The maximum Gasteiger partial charge on any atom is 0.573 e. The quantitative estimate of drug-likeness (QED) is 0.560. The zero-order chi connectivity index (χ0) is 24.7. The summed E-state index contributed by atoms with van der Waals surface area (Å²) in [5.74, 6) is -1.96. The van der Waals surface area contributed by atoms with Crippen LogP contribution in [0.2, 0.25) is 0 Å². The van der Waals surface area contributed by atoms with Gasteiger partial charge in [-0.3, -0.25) is 9.89 Å². The van der Waals surface area contributed by atoms with Gasteiger partial charge in [-0.05, 0) is 41.5 Å². The predicted octanol–water partition coefficient (Wildman–Crippen LogP) is 3.60. The van der Waals surface area contributed by atoms with E-state index in [0.717, 1.165) is 23.2 Å². The molecule has 182 valence electrons. The van der Waals surface area contributed by atoms with E-state index in [1.54, 1.807) is 29.3 Å². The Morgan fingerprint density at radius 3 is 2.74 bits per heavy atom. The Morgan fingerprint density at radius 1 is 1.14 bits per heavy atom. The second kappa shape index (κ2) is 8.56. The van der Waals surface area contributed by atoms with Crippen LogP contribution in [0.5, 0.6) is 5.75 Å². The molecule has 3 aromatic rings. The van der Waals surface area contributed by atoms with Crippen LogP contribution in [0.25, 0.3) is 11.0 Å². The largest absolute Gasteiger partial charge is 0.573 e. The molecule has 2 aliphatic heterocycles. The molecule has 2 aromatic carbocycles. The van der Waals surface area contributed by atoms with Crippen LogP contribution in [0.3, 0.4) is 0 Å². The van der Waals surface area contributed by atoms with Crippen LogP contribution in [0.4, 0.5) is 22.4 Å². The molecule has 0 aliphatic carbocycles. The van der Waals surface area contributed by atoms with E-state index in [9.17, 15) is 27.2 Å². The van der Waals surface area contributed by atoms with Crippen LogP contribution in [0.1, 0.15) is 15.9 Å². The second-order valence-corrected chi connectivity index (χ2v) is 8.18. The second-order valence-electron chi connectivity index (χ2n) is 8.18. The highest BCUT2D eigenvalue weighted by molar-refractivity contribution is 5.98. The Hall–Kier alpha value is -4.16. The number of rotatable bonds is 4. The summed E-state index contributed by atoms with van der Waals surface area (Å²) in [5, 5.41) is 10.3. The number of aromatic nitrogens is 3. The molecule has 0 bridgehead atoms. The number of hydrogen-bond acceptors (Lipinski definition) is 6. The zero-order valence-corrected chi connectivity index (χ0v) is 17.9. The lowest BCUT2D eigenvalue weighted by Crippen LogP contribution is -2.33. The topological polar surface area (TPSA) is 101 Å². The van der Waals surface area contributed by atoms with E-state index in [1.165, 1.54) is 4.90 Å². The van der Waals surface area contributed by atoms with Crippen LogP contribution < -0.4 is 4.74 Å². The third-order valence-corrected chi connectivity index (χ3v) is 5.70. The summed E-state index contributed by atoms with van der Waals surface area (Å²) in [5.41, 5.74) is 2.65. The van der Waals surface area contributed by atoms with Crippen LogP contribution >= 0.6 is 0 Å². The number of aromatic amines is 1. The van der Waals surface area contributed by atoms with Crippen LogP contribution in [-0.2, 0) is 11.3 Å². The number of benzene rings is 2. The molecule has 1 atom stereocenters. The lowest BCUT2D eigenvalue weighted by Gasteiger charge is -2.20. The van der Waals surface area contributed by atoms with Crippen molar-refractivity contribution in [1.29, 1.82) is 0 Å². The maximum absolute atomic E-state index is 13.6. The first-order valence-electron chi connectivity index (χ1n) is 10.4. The molecule has 0 radical (unpaired) electrons. The first-order chi connectivity index (χ1) is 16.6. The standard InChI is InChI=1S/C22H17F4N5O4/c23-16-3-12(4-17(6-16)35-22(24,25)26)11-34-21(33)31-9-14-7-30(8-15(14)10-31)20(32)13-1-2-18-19(5-13)28-29-27-18/h1-7,15H,8-11H2,(H,27,28,29). The molecule has 2 aliphatic rings. The summed E-state index contributed by atoms with van der Waals surface area (Å²) in [4.78, 5) is 28.3. The minimum atomic E-state index is -4.97. The van der Waals surface area contributed by atoms with Crippen LogP contribution in [0, 0.1) is 11.7 Å². The van der Waals surface area contributed by atoms with E-state index in [1.807, 2.05) is 0 Å². The Labute approximate surface area is 194 Å². The van der Waals surface area contributed by atoms with Crippen molar-refractivity contribution in [3.63, 3.8) is 0 Å². The predicted molar refractivity (Wildman–Crippen MR) is 111 cm³/mol. The molecule has 5 rings (SSSR count). The van der Waals surface area contributed by atoms with Crippen molar-refractivity contribution in [2.75, 3.05) is 19.6 Å². The molecule has 2 amide bonds. The van der Waals surface area contributed by atoms with Crippen molar-refractivity contribution in [2.45, 2.75) is 13.0 Å². The number of carbonyl (C=O) groups excluding carboxylic acids is 2. The van der Waals surface area contributed by atoms with Gasteiger partial charge in [0.05, 0.1) is 5.52 Å². The fourth-order valence-corrected chi connectivity index (χ4v) is 4.16. The van der Waals surface area contributed by atoms with Crippen molar-refractivity contribution in [3.8, 4) is 5.75 Å². The van der Waals surface area contributed by atoms with Crippen molar-refractivity contribution in [3.05, 3.63) is 65.1 Å². The number of hydrogen-bond donors (Lipinski definition) is 1. The molecule has 9 nitrogen and oxygen atoms in total. The number of fused-ring (bicyclic) bond motifs is 2. The Kier molecular flexibility index (Phi) is 5.53. The maximum atomic E-state index is 13.6. The molecule has 0 saturated carbocycles. The molecule has 1 fully saturated rings. The third-order valence-electron chi connectivity index (χ3n) is 5.70. The number of ether oxygens (including phenoxy) is 2. The molecule has 1 unspecified atom stereocenters. The molecule has 1 N–H and O–H groups in total. The van der Waals surface area contributed by atoms with Gasteiger partial charge >= 0.3 is 12.5 Å². The van der Waals surface area contributed by atoms with Crippen molar-refractivity contribution < 1.29 is 36.6 Å². The van der Waals surface area contributed by atoms with E-state index in [2.05, 4.69) is 20.1 Å². The Bertz CT molecular complexity index is 1340. The van der Waals surface area contributed by atoms with Crippen molar-refractivity contribution in [2.24, 2.45) is 5.92 Å². The molecule has 1 aromatic heterocycles. The van der Waals surface area contributed by atoms with Gasteiger partial charge in [0.25, 0.3) is 5.91 Å². The summed E-state index contributed by atoms with van der Waals surface area (Å²) in [6, 6.07) is 7.54. The van der Waals surface area contributed by atoms with Gasteiger partial charge < -0.3 is 19.3 Å². The summed E-state index contributed by atoms with van der Waals surface area (Å²) in [6.07, 6.45) is -3.96. The molecule has 0 spiro atoms. The lowest BCUT2D eigenvalue weighted by molar-refractivity contribution is -0.274. The van der Waals surface area contributed by atoms with Gasteiger partial charge in [-0.1, -0.05) is 5.21 Å². The van der Waals surface area contributed by atoms with Crippen molar-refractivity contribution in [1.82, 2.24) is 25.2 Å². The number of H-pyrrole nitrogens is 1. The fraction of sp³-hybridized carbons (Fsp3) is 0.273. The smallest absolute Gasteiger partial charge is 0.445 e. The van der Waals surface area contributed by atoms with Gasteiger partial charge in [-0.25, -0.2) is 9.18 Å². The van der Waals surface area contributed by atoms with Gasteiger partial charge in [0.1, 0.15) is 23.7 Å². The van der Waals surface area contributed by atoms with Crippen LogP contribution in [-0.4, -0.2) is 63.2 Å². The van der Waals surface area contributed by atoms with Gasteiger partial charge in [-0.2, -0.15) is 0 Å². The first-order valence-corrected chi connectivity index (χ1v) is 10.4. The highest BCUT2D eigenvalue weighted by Gasteiger charge is 2.38. The summed E-state index contributed by atoms with van der Waals surface area (Å²) < 4.78 is 59.7. The minimum absolute atomic E-state index is 0.0112. The highest BCUT2D eigenvalue weighted by Crippen LogP contribution is 2.31. The Balaban J connectivity index is 1.18. The number of carbonyl (C=O) groups is 2. The normalized spacial score (nSPS) is 17.5. The molecular weight excluding hydrogens is 474 g/mol. The SMILES string of the molecule is O=C(c1ccc2[nH]nnc2c1)N1C=C2CN(C(=O)OCc3cc(F)cc(OC(F)(F)F)c3)CC2C1. The number of likely N-dealkylation sites (tertiary alicyclic amines) is 1. The number of nitrogens with one attached hydrogen (secondary N) is 1. The average molecular weight is 491 g/mol. The third kappa shape index (κ3) is 4.88.